The maximum absolute atomic E-state index is 12.4. The number of amides is 1. The van der Waals surface area contributed by atoms with Crippen LogP contribution in [0.25, 0.3) is 11.0 Å². The monoisotopic (exact) mass is 367 g/mol. The molecule has 1 heterocycles. The Morgan fingerprint density at radius 1 is 1.19 bits per heavy atom. The van der Waals surface area contributed by atoms with E-state index in [9.17, 15) is 4.79 Å². The highest BCUT2D eigenvalue weighted by molar-refractivity contribution is 7.99. The number of fused-ring (bicyclic) bond motifs is 1. The van der Waals surface area contributed by atoms with Crippen molar-refractivity contribution in [1.82, 2.24) is 9.55 Å². The molecule has 0 spiro atoms. The highest BCUT2D eigenvalue weighted by Gasteiger charge is 2.14. The van der Waals surface area contributed by atoms with Crippen LogP contribution in [-0.4, -0.2) is 21.2 Å². The number of hydrogen-bond donors (Lipinski definition) is 1. The second-order valence-electron chi connectivity index (χ2n) is 7.04. The topological polar surface area (TPSA) is 46.9 Å². The van der Waals surface area contributed by atoms with E-state index in [4.69, 9.17) is 4.98 Å². The van der Waals surface area contributed by atoms with Crippen LogP contribution in [0.15, 0.2) is 47.6 Å². The molecule has 3 aromatic rings. The second kappa shape index (κ2) is 7.96. The Morgan fingerprint density at radius 2 is 1.96 bits per heavy atom. The number of carbonyl (C=O) groups is 1. The van der Waals surface area contributed by atoms with Gasteiger partial charge in [0.15, 0.2) is 5.16 Å². The van der Waals surface area contributed by atoms with Gasteiger partial charge in [-0.2, -0.15) is 0 Å². The average molecular weight is 368 g/mol. The Balaban J connectivity index is 1.74. The van der Waals surface area contributed by atoms with Crippen LogP contribution in [0.5, 0.6) is 0 Å². The summed E-state index contributed by atoms with van der Waals surface area (Å²) in [6.07, 6.45) is 0. The number of thioether (sulfide) groups is 1. The van der Waals surface area contributed by atoms with Crippen molar-refractivity contribution >= 4 is 34.4 Å². The van der Waals surface area contributed by atoms with Gasteiger partial charge in [0.2, 0.25) is 5.91 Å². The first-order valence-corrected chi connectivity index (χ1v) is 9.88. The summed E-state index contributed by atoms with van der Waals surface area (Å²) >= 11 is 1.49. The summed E-state index contributed by atoms with van der Waals surface area (Å²) in [6.45, 7) is 9.30. The average Bonchev–Trinajstić information content (AvgIpc) is 2.93. The van der Waals surface area contributed by atoms with Gasteiger partial charge in [-0.3, -0.25) is 4.79 Å². The molecule has 4 nitrogen and oxygen atoms in total. The highest BCUT2D eigenvalue weighted by atomic mass is 32.2. The zero-order valence-electron chi connectivity index (χ0n) is 15.7. The molecule has 0 aliphatic heterocycles. The second-order valence-corrected chi connectivity index (χ2v) is 7.99. The third-order valence-electron chi connectivity index (χ3n) is 4.17. The molecule has 3 rings (SSSR count). The molecule has 1 N–H and O–H groups in total. The lowest BCUT2D eigenvalue weighted by atomic mass is 10.1. The fourth-order valence-corrected chi connectivity index (χ4v) is 3.72. The molecule has 0 bridgehead atoms. The summed E-state index contributed by atoms with van der Waals surface area (Å²) in [5.41, 5.74) is 5.19. The molecule has 0 saturated carbocycles. The number of hydrogen-bond acceptors (Lipinski definition) is 3. The van der Waals surface area contributed by atoms with E-state index in [1.807, 2.05) is 50.2 Å². The molecule has 0 radical (unpaired) electrons. The van der Waals surface area contributed by atoms with Crippen LogP contribution in [-0.2, 0) is 11.3 Å². The number of nitrogens with zero attached hydrogens (tertiary/aromatic N) is 2. The Kier molecular flexibility index (Phi) is 5.67. The van der Waals surface area contributed by atoms with E-state index in [1.54, 1.807) is 0 Å². The molecule has 0 aliphatic carbocycles. The maximum Gasteiger partial charge on any atom is 0.234 e. The molecule has 0 atom stereocenters. The summed E-state index contributed by atoms with van der Waals surface area (Å²) < 4.78 is 2.22. The van der Waals surface area contributed by atoms with E-state index < -0.39 is 0 Å². The summed E-state index contributed by atoms with van der Waals surface area (Å²) in [5.74, 6) is 0.844. The Bertz CT molecular complexity index is 930. The Morgan fingerprint density at radius 3 is 2.73 bits per heavy atom. The summed E-state index contributed by atoms with van der Waals surface area (Å²) in [7, 11) is 0. The minimum atomic E-state index is -0.00754. The predicted octanol–water partition coefficient (Wildman–Crippen LogP) is 5.04. The van der Waals surface area contributed by atoms with Gasteiger partial charge in [0, 0.05) is 12.2 Å². The van der Waals surface area contributed by atoms with Crippen LogP contribution >= 0.6 is 11.8 Å². The van der Waals surface area contributed by atoms with E-state index in [-0.39, 0.29) is 5.91 Å². The number of aromatic nitrogens is 2. The van der Waals surface area contributed by atoms with E-state index in [0.717, 1.165) is 39.5 Å². The quantitative estimate of drug-likeness (QED) is 0.621. The van der Waals surface area contributed by atoms with E-state index in [2.05, 4.69) is 29.8 Å². The van der Waals surface area contributed by atoms with E-state index >= 15 is 0 Å². The number of imidazole rings is 1. The standard InChI is InChI=1S/C21H25N3OS/c1-14(2)12-24-19-8-6-5-7-17(19)23-21(24)26-13-20(25)22-18-11-15(3)9-10-16(18)4/h5-11,14H,12-13H2,1-4H3,(H,22,25). The fourth-order valence-electron chi connectivity index (χ4n) is 2.89. The van der Waals surface area contributed by atoms with Crippen molar-refractivity contribution in [2.45, 2.75) is 39.4 Å². The normalized spacial score (nSPS) is 11.3. The zero-order chi connectivity index (χ0) is 18.7. The molecule has 0 aliphatic rings. The minimum Gasteiger partial charge on any atom is -0.325 e. The Labute approximate surface area is 159 Å². The van der Waals surface area contributed by atoms with Crippen molar-refractivity contribution in [3.63, 3.8) is 0 Å². The highest BCUT2D eigenvalue weighted by Crippen LogP contribution is 2.25. The van der Waals surface area contributed by atoms with Crippen molar-refractivity contribution in [3.05, 3.63) is 53.6 Å². The lowest BCUT2D eigenvalue weighted by Gasteiger charge is -2.12. The largest absolute Gasteiger partial charge is 0.325 e. The first kappa shape index (κ1) is 18.5. The predicted molar refractivity (Wildman–Crippen MR) is 110 cm³/mol. The Hall–Kier alpha value is -2.27. The van der Waals surface area contributed by atoms with Gasteiger partial charge in [-0.15, -0.1) is 0 Å². The number of nitrogens with one attached hydrogen (secondary N) is 1. The van der Waals surface area contributed by atoms with E-state index in [1.165, 1.54) is 11.8 Å². The number of aryl methyl sites for hydroxylation is 2. The molecule has 0 saturated heterocycles. The number of para-hydroxylation sites is 2. The SMILES string of the molecule is Cc1ccc(C)c(NC(=O)CSc2nc3ccccc3n2CC(C)C)c1. The third kappa shape index (κ3) is 4.28. The molecule has 136 valence electrons. The van der Waals surface area contributed by atoms with Crippen LogP contribution in [0.1, 0.15) is 25.0 Å². The van der Waals surface area contributed by atoms with Gasteiger partial charge in [-0.05, 0) is 49.1 Å². The van der Waals surface area contributed by atoms with Crippen LogP contribution in [0.3, 0.4) is 0 Å². The number of carbonyl (C=O) groups excluding carboxylic acids is 1. The molecule has 5 heteroatoms. The van der Waals surface area contributed by atoms with Gasteiger partial charge >= 0.3 is 0 Å². The van der Waals surface area contributed by atoms with Crippen molar-refractivity contribution in [2.24, 2.45) is 5.92 Å². The lowest BCUT2D eigenvalue weighted by Crippen LogP contribution is -2.15. The molecule has 0 fully saturated rings. The van der Waals surface area contributed by atoms with Crippen LogP contribution < -0.4 is 5.32 Å². The van der Waals surface area contributed by atoms with Gasteiger partial charge < -0.3 is 9.88 Å². The first-order chi connectivity index (χ1) is 12.4. The van der Waals surface area contributed by atoms with Gasteiger partial charge in [0.1, 0.15) is 0 Å². The van der Waals surface area contributed by atoms with Crippen molar-refractivity contribution in [1.29, 1.82) is 0 Å². The van der Waals surface area contributed by atoms with Crippen molar-refractivity contribution in [2.75, 3.05) is 11.1 Å². The lowest BCUT2D eigenvalue weighted by molar-refractivity contribution is -0.113. The summed E-state index contributed by atoms with van der Waals surface area (Å²) in [6, 6.07) is 14.2. The molecular formula is C21H25N3OS. The number of benzene rings is 2. The van der Waals surface area contributed by atoms with Gasteiger partial charge in [0.25, 0.3) is 0 Å². The smallest absolute Gasteiger partial charge is 0.234 e. The van der Waals surface area contributed by atoms with Gasteiger partial charge in [-0.25, -0.2) is 4.98 Å². The van der Waals surface area contributed by atoms with Crippen molar-refractivity contribution in [3.8, 4) is 0 Å². The van der Waals surface area contributed by atoms with Crippen LogP contribution in [0, 0.1) is 19.8 Å². The van der Waals surface area contributed by atoms with Gasteiger partial charge in [-0.1, -0.05) is 49.9 Å². The molecule has 1 amide bonds. The first-order valence-electron chi connectivity index (χ1n) is 8.89. The molecular weight excluding hydrogens is 342 g/mol. The van der Waals surface area contributed by atoms with Crippen LogP contribution in [0.4, 0.5) is 5.69 Å². The minimum absolute atomic E-state index is 0.00754. The van der Waals surface area contributed by atoms with Gasteiger partial charge in [0.05, 0.1) is 16.8 Å². The summed E-state index contributed by atoms with van der Waals surface area (Å²) in [4.78, 5) is 17.2. The fraction of sp³-hybridized carbons (Fsp3) is 0.333. The molecule has 26 heavy (non-hydrogen) atoms. The van der Waals surface area contributed by atoms with Crippen molar-refractivity contribution < 1.29 is 4.79 Å². The molecule has 0 unspecified atom stereocenters. The zero-order valence-corrected chi connectivity index (χ0v) is 16.6. The maximum atomic E-state index is 12.4. The number of rotatable bonds is 6. The summed E-state index contributed by atoms with van der Waals surface area (Å²) in [5, 5.41) is 3.92. The molecule has 2 aromatic carbocycles. The molecule has 1 aromatic heterocycles. The number of anilines is 1. The third-order valence-corrected chi connectivity index (χ3v) is 5.14. The van der Waals surface area contributed by atoms with Crippen LogP contribution in [0.2, 0.25) is 0 Å². The van der Waals surface area contributed by atoms with E-state index in [0.29, 0.717) is 11.7 Å².